The summed E-state index contributed by atoms with van der Waals surface area (Å²) in [5, 5.41) is 10.1. The SMILES string of the molecule is O=C(NCCCN1CCN(CCCNC(=O)Nc2cccc(C(F)(F)F)c2)CC1)Nc1cccc(C(F)(F)F)c1. The van der Waals surface area contributed by atoms with Gasteiger partial charge in [0.25, 0.3) is 0 Å². The second-order valence-electron chi connectivity index (χ2n) is 9.31. The largest absolute Gasteiger partial charge is 0.416 e. The number of halogens is 6. The van der Waals surface area contributed by atoms with Crippen molar-refractivity contribution in [3.05, 3.63) is 59.7 Å². The number of hydrogen-bond acceptors (Lipinski definition) is 4. The Bertz CT molecular complexity index is 1030. The highest BCUT2D eigenvalue weighted by Crippen LogP contribution is 2.31. The monoisotopic (exact) mass is 574 g/mol. The Hall–Kier alpha value is -3.52. The molecule has 1 aliphatic heterocycles. The Morgan fingerprint density at radius 1 is 0.650 bits per heavy atom. The van der Waals surface area contributed by atoms with Gasteiger partial charge in [0.05, 0.1) is 11.1 Å². The second-order valence-corrected chi connectivity index (χ2v) is 9.31. The number of benzene rings is 2. The smallest absolute Gasteiger partial charge is 0.338 e. The lowest BCUT2D eigenvalue weighted by molar-refractivity contribution is -0.138. The van der Waals surface area contributed by atoms with Crippen molar-refractivity contribution < 1.29 is 35.9 Å². The molecule has 1 heterocycles. The van der Waals surface area contributed by atoms with Crippen molar-refractivity contribution in [2.24, 2.45) is 0 Å². The summed E-state index contributed by atoms with van der Waals surface area (Å²) in [7, 11) is 0. The Kier molecular flexibility index (Phi) is 11.0. The summed E-state index contributed by atoms with van der Waals surface area (Å²) in [4.78, 5) is 28.5. The summed E-state index contributed by atoms with van der Waals surface area (Å²) in [6.45, 7) is 5.60. The molecule has 1 saturated heterocycles. The van der Waals surface area contributed by atoms with E-state index in [0.29, 0.717) is 25.9 Å². The number of anilines is 2. The van der Waals surface area contributed by atoms with Crippen LogP contribution in [0.2, 0.25) is 0 Å². The molecule has 8 nitrogen and oxygen atoms in total. The zero-order valence-electron chi connectivity index (χ0n) is 21.7. The summed E-state index contributed by atoms with van der Waals surface area (Å²) in [5.74, 6) is 0. The fraction of sp³-hybridized carbons (Fsp3) is 0.462. The van der Waals surface area contributed by atoms with E-state index in [-0.39, 0.29) is 11.4 Å². The van der Waals surface area contributed by atoms with Gasteiger partial charge in [-0.2, -0.15) is 26.3 Å². The number of nitrogens with zero attached hydrogens (tertiary/aromatic N) is 2. The lowest BCUT2D eigenvalue weighted by Crippen LogP contribution is -2.47. The van der Waals surface area contributed by atoms with Gasteiger partial charge in [-0.1, -0.05) is 12.1 Å². The number of hydrogen-bond donors (Lipinski definition) is 4. The Balaban J connectivity index is 1.23. The van der Waals surface area contributed by atoms with Crippen molar-refractivity contribution in [1.29, 1.82) is 0 Å². The number of alkyl halides is 6. The second kappa shape index (κ2) is 14.2. The minimum Gasteiger partial charge on any atom is -0.338 e. The molecule has 3 rings (SSSR count). The molecule has 0 aromatic heterocycles. The number of carbonyl (C=O) groups excluding carboxylic acids is 2. The number of nitrogens with one attached hydrogen (secondary N) is 4. The topological polar surface area (TPSA) is 88.7 Å². The van der Waals surface area contributed by atoms with Crippen molar-refractivity contribution in [2.75, 3.05) is 63.0 Å². The van der Waals surface area contributed by atoms with Gasteiger partial charge in [-0.25, -0.2) is 9.59 Å². The molecule has 0 radical (unpaired) electrons. The lowest BCUT2D eigenvalue weighted by atomic mass is 10.2. The van der Waals surface area contributed by atoms with Crippen LogP contribution in [-0.4, -0.2) is 74.2 Å². The van der Waals surface area contributed by atoms with E-state index < -0.39 is 35.5 Å². The van der Waals surface area contributed by atoms with Crippen LogP contribution in [0.3, 0.4) is 0 Å². The van der Waals surface area contributed by atoms with Crippen molar-refractivity contribution in [2.45, 2.75) is 25.2 Å². The minimum atomic E-state index is -4.48. The first-order chi connectivity index (χ1) is 18.9. The zero-order chi connectivity index (χ0) is 29.2. The van der Waals surface area contributed by atoms with Crippen LogP contribution >= 0.6 is 0 Å². The normalized spacial score (nSPS) is 14.9. The van der Waals surface area contributed by atoms with Crippen LogP contribution in [-0.2, 0) is 12.4 Å². The molecule has 40 heavy (non-hydrogen) atoms. The van der Waals surface area contributed by atoms with Gasteiger partial charge < -0.3 is 31.1 Å². The molecule has 4 amide bonds. The van der Waals surface area contributed by atoms with Crippen molar-refractivity contribution in [3.63, 3.8) is 0 Å². The van der Waals surface area contributed by atoms with Crippen molar-refractivity contribution in [1.82, 2.24) is 20.4 Å². The van der Waals surface area contributed by atoms with Gasteiger partial charge in [0.15, 0.2) is 0 Å². The van der Waals surface area contributed by atoms with E-state index in [2.05, 4.69) is 31.1 Å². The molecule has 220 valence electrons. The minimum absolute atomic E-state index is 0.0648. The standard InChI is InChI=1S/C26H32F6N6O2/c27-25(28,29)19-5-1-7-21(17-19)35-23(39)33-9-3-11-37-13-15-38(16-14-37)12-4-10-34-24(40)36-22-8-2-6-20(18-22)26(30,31)32/h1-2,5-8,17-18H,3-4,9-16H2,(H2,33,35,39)(H2,34,36,40). The molecule has 0 bridgehead atoms. The lowest BCUT2D eigenvalue weighted by Gasteiger charge is -2.34. The van der Waals surface area contributed by atoms with Crippen LogP contribution in [0.15, 0.2) is 48.5 Å². The molecule has 0 unspecified atom stereocenters. The number of urea groups is 2. The number of carbonyl (C=O) groups is 2. The van der Waals surface area contributed by atoms with Gasteiger partial charge in [-0.15, -0.1) is 0 Å². The first-order valence-corrected chi connectivity index (χ1v) is 12.8. The summed E-state index contributed by atoms with van der Waals surface area (Å²) >= 11 is 0. The highest BCUT2D eigenvalue weighted by atomic mass is 19.4. The molecule has 14 heteroatoms. The van der Waals surface area contributed by atoms with E-state index in [1.165, 1.54) is 24.3 Å². The molecule has 0 saturated carbocycles. The van der Waals surface area contributed by atoms with Gasteiger partial charge in [-0.3, -0.25) is 0 Å². The van der Waals surface area contributed by atoms with Gasteiger partial charge in [0.1, 0.15) is 0 Å². The third-order valence-corrected chi connectivity index (χ3v) is 6.23. The molecule has 1 fully saturated rings. The van der Waals surface area contributed by atoms with Crippen LogP contribution in [0.5, 0.6) is 0 Å². The summed E-state index contributed by atoms with van der Waals surface area (Å²) in [6, 6.07) is 7.74. The Morgan fingerprint density at radius 2 is 1.02 bits per heavy atom. The Labute approximate surface area is 228 Å². The third-order valence-electron chi connectivity index (χ3n) is 6.23. The first kappa shape index (κ1) is 31.0. The molecular formula is C26H32F6N6O2. The number of rotatable bonds is 10. The quantitative estimate of drug-likeness (QED) is 0.236. The Morgan fingerprint density at radius 3 is 1.38 bits per heavy atom. The zero-order valence-corrected chi connectivity index (χ0v) is 21.7. The fourth-order valence-electron chi connectivity index (χ4n) is 4.14. The van der Waals surface area contributed by atoms with Gasteiger partial charge >= 0.3 is 24.4 Å². The van der Waals surface area contributed by atoms with Crippen molar-refractivity contribution >= 4 is 23.4 Å². The van der Waals surface area contributed by atoms with Crippen molar-refractivity contribution in [3.8, 4) is 0 Å². The maximum Gasteiger partial charge on any atom is 0.416 e. The van der Waals surface area contributed by atoms with E-state index in [9.17, 15) is 35.9 Å². The molecule has 2 aromatic rings. The third kappa shape index (κ3) is 10.6. The van der Waals surface area contributed by atoms with Crippen LogP contribution in [0.25, 0.3) is 0 Å². The maximum absolute atomic E-state index is 12.8. The van der Waals surface area contributed by atoms with E-state index in [1.807, 2.05) is 0 Å². The summed E-state index contributed by atoms with van der Waals surface area (Å²) in [5.41, 5.74) is -1.54. The van der Waals surface area contributed by atoms with E-state index >= 15 is 0 Å². The maximum atomic E-state index is 12.8. The van der Waals surface area contributed by atoms with E-state index in [4.69, 9.17) is 0 Å². The van der Waals surface area contributed by atoms with Gasteiger partial charge in [-0.05, 0) is 62.3 Å². The first-order valence-electron chi connectivity index (χ1n) is 12.8. The number of piperazine rings is 1. The molecule has 0 spiro atoms. The molecular weight excluding hydrogens is 542 g/mol. The number of amides is 4. The van der Waals surface area contributed by atoms with Crippen LogP contribution < -0.4 is 21.3 Å². The van der Waals surface area contributed by atoms with Crippen LogP contribution in [0, 0.1) is 0 Å². The van der Waals surface area contributed by atoms with E-state index in [0.717, 1.165) is 63.5 Å². The molecule has 0 aliphatic carbocycles. The van der Waals surface area contributed by atoms with Gasteiger partial charge in [0, 0.05) is 50.6 Å². The average Bonchev–Trinajstić information content (AvgIpc) is 2.89. The van der Waals surface area contributed by atoms with Crippen LogP contribution in [0.1, 0.15) is 24.0 Å². The molecule has 4 N–H and O–H groups in total. The molecule has 1 aliphatic rings. The van der Waals surface area contributed by atoms with E-state index in [1.54, 1.807) is 0 Å². The predicted octanol–water partition coefficient (Wildman–Crippen LogP) is 5.07. The van der Waals surface area contributed by atoms with Gasteiger partial charge in [0.2, 0.25) is 0 Å². The summed E-state index contributed by atoms with van der Waals surface area (Å²) < 4.78 is 76.7. The molecule has 0 atom stereocenters. The predicted molar refractivity (Wildman–Crippen MR) is 139 cm³/mol. The molecule has 2 aromatic carbocycles. The summed E-state index contributed by atoms with van der Waals surface area (Å²) in [6.07, 6.45) is -7.60. The fourth-order valence-corrected chi connectivity index (χ4v) is 4.14. The van der Waals surface area contributed by atoms with Crippen LogP contribution in [0.4, 0.5) is 47.3 Å². The highest BCUT2D eigenvalue weighted by molar-refractivity contribution is 5.89. The highest BCUT2D eigenvalue weighted by Gasteiger charge is 2.31. The average molecular weight is 575 g/mol.